The van der Waals surface area contributed by atoms with Crippen LogP contribution in [0.15, 0.2) is 24.3 Å². The summed E-state index contributed by atoms with van der Waals surface area (Å²) in [5.41, 5.74) is 6.77. The number of aryl methyl sites for hydroxylation is 1. The Morgan fingerprint density at radius 1 is 1.37 bits per heavy atom. The minimum atomic E-state index is -0.834. The molecule has 0 bridgehead atoms. The number of hydrogen-bond donors (Lipinski definition) is 3. The lowest BCUT2D eigenvalue weighted by atomic mass is 10.0. The number of benzene rings is 1. The molecule has 0 aliphatic carbocycles. The average molecular weight is 264 g/mol. The number of nitrogens with one attached hydrogen (secondary N) is 1. The number of carbonyl (C=O) groups is 2. The van der Waals surface area contributed by atoms with Crippen LogP contribution in [0, 0.1) is 0 Å². The van der Waals surface area contributed by atoms with Crippen LogP contribution >= 0.6 is 0 Å². The van der Waals surface area contributed by atoms with Gasteiger partial charge in [-0.25, -0.2) is 0 Å². The van der Waals surface area contributed by atoms with Gasteiger partial charge in [0.05, 0.1) is 0 Å². The van der Waals surface area contributed by atoms with E-state index in [0.29, 0.717) is 12.1 Å². The number of amides is 1. The molecule has 1 rings (SSSR count). The van der Waals surface area contributed by atoms with Gasteiger partial charge in [0.15, 0.2) is 0 Å². The molecule has 1 amide bonds. The van der Waals surface area contributed by atoms with Gasteiger partial charge in [0, 0.05) is 24.1 Å². The van der Waals surface area contributed by atoms with Crippen molar-refractivity contribution in [3.63, 3.8) is 0 Å². The summed E-state index contributed by atoms with van der Waals surface area (Å²) < 4.78 is 0. The van der Waals surface area contributed by atoms with Crippen LogP contribution in [0.3, 0.4) is 0 Å². The minimum Gasteiger partial charge on any atom is -0.481 e. The van der Waals surface area contributed by atoms with Crippen LogP contribution in [0.1, 0.15) is 32.3 Å². The van der Waals surface area contributed by atoms with Crippen LogP contribution in [0.25, 0.3) is 0 Å². The predicted molar refractivity (Wildman–Crippen MR) is 73.9 cm³/mol. The third-order valence-electron chi connectivity index (χ3n) is 2.45. The summed E-state index contributed by atoms with van der Waals surface area (Å²) in [7, 11) is 0. The van der Waals surface area contributed by atoms with Crippen LogP contribution in [0.4, 0.5) is 5.69 Å². The minimum absolute atomic E-state index is 0.0766. The lowest BCUT2D eigenvalue weighted by Gasteiger charge is -2.17. The largest absolute Gasteiger partial charge is 0.481 e. The Hall–Kier alpha value is -1.88. The SMILES string of the molecule is CC(C)(N)CC(=O)Nc1cccc(CCC(=O)O)c1. The molecule has 0 saturated carbocycles. The molecule has 0 radical (unpaired) electrons. The summed E-state index contributed by atoms with van der Waals surface area (Å²) >= 11 is 0. The highest BCUT2D eigenvalue weighted by Crippen LogP contribution is 2.14. The highest BCUT2D eigenvalue weighted by Gasteiger charge is 2.16. The van der Waals surface area contributed by atoms with Gasteiger partial charge in [-0.1, -0.05) is 12.1 Å². The van der Waals surface area contributed by atoms with Crippen molar-refractivity contribution in [2.75, 3.05) is 5.32 Å². The number of carboxylic acid groups (broad SMARTS) is 1. The van der Waals surface area contributed by atoms with Crippen LogP contribution in [0.2, 0.25) is 0 Å². The molecule has 0 fully saturated rings. The number of carbonyl (C=O) groups excluding carboxylic acids is 1. The Balaban J connectivity index is 2.61. The van der Waals surface area contributed by atoms with Gasteiger partial charge >= 0.3 is 5.97 Å². The second-order valence-electron chi connectivity index (χ2n) is 5.31. The standard InChI is InChI=1S/C14H20N2O3/c1-14(2,15)9-12(17)16-11-5-3-4-10(8-11)6-7-13(18)19/h3-5,8H,6-7,9,15H2,1-2H3,(H,16,17)(H,18,19). The van der Waals surface area contributed by atoms with Crippen molar-refractivity contribution in [3.8, 4) is 0 Å². The van der Waals surface area contributed by atoms with Gasteiger partial charge in [-0.2, -0.15) is 0 Å². The molecule has 0 aliphatic rings. The van der Waals surface area contributed by atoms with Gasteiger partial charge in [0.1, 0.15) is 0 Å². The first-order valence-electron chi connectivity index (χ1n) is 6.16. The maximum Gasteiger partial charge on any atom is 0.303 e. The van der Waals surface area contributed by atoms with E-state index < -0.39 is 11.5 Å². The fraction of sp³-hybridized carbons (Fsp3) is 0.429. The molecular weight excluding hydrogens is 244 g/mol. The number of rotatable bonds is 6. The summed E-state index contributed by atoms with van der Waals surface area (Å²) in [4.78, 5) is 22.2. The van der Waals surface area contributed by atoms with Crippen molar-refractivity contribution in [2.45, 2.75) is 38.6 Å². The predicted octanol–water partition coefficient (Wildman–Crippen LogP) is 1.77. The second-order valence-corrected chi connectivity index (χ2v) is 5.31. The normalized spacial score (nSPS) is 11.1. The molecule has 0 spiro atoms. The number of hydrogen-bond acceptors (Lipinski definition) is 3. The monoisotopic (exact) mass is 264 g/mol. The highest BCUT2D eigenvalue weighted by molar-refractivity contribution is 5.91. The molecule has 1 aromatic carbocycles. The number of anilines is 1. The third kappa shape index (κ3) is 6.57. The number of carboxylic acids is 1. The summed E-state index contributed by atoms with van der Waals surface area (Å²) in [5.74, 6) is -0.984. The smallest absolute Gasteiger partial charge is 0.303 e. The van der Waals surface area contributed by atoms with Crippen molar-refractivity contribution < 1.29 is 14.7 Å². The molecule has 19 heavy (non-hydrogen) atoms. The van der Waals surface area contributed by atoms with E-state index in [-0.39, 0.29) is 18.7 Å². The van der Waals surface area contributed by atoms with E-state index in [1.807, 2.05) is 6.07 Å². The maximum atomic E-state index is 11.7. The van der Waals surface area contributed by atoms with Crippen molar-refractivity contribution >= 4 is 17.6 Å². The van der Waals surface area contributed by atoms with Crippen molar-refractivity contribution in [2.24, 2.45) is 5.73 Å². The Labute approximate surface area is 112 Å². The highest BCUT2D eigenvalue weighted by atomic mass is 16.4. The average Bonchev–Trinajstić information content (AvgIpc) is 2.24. The van der Waals surface area contributed by atoms with E-state index in [4.69, 9.17) is 10.8 Å². The zero-order chi connectivity index (χ0) is 14.5. The molecule has 1 aromatic rings. The Morgan fingerprint density at radius 2 is 2.05 bits per heavy atom. The fourth-order valence-corrected chi connectivity index (χ4v) is 1.67. The molecule has 4 N–H and O–H groups in total. The molecule has 0 heterocycles. The number of aliphatic carboxylic acids is 1. The first-order valence-corrected chi connectivity index (χ1v) is 6.16. The van der Waals surface area contributed by atoms with Gasteiger partial charge in [0.2, 0.25) is 5.91 Å². The first kappa shape index (κ1) is 15.2. The third-order valence-corrected chi connectivity index (χ3v) is 2.45. The van der Waals surface area contributed by atoms with E-state index in [1.54, 1.807) is 32.0 Å². The van der Waals surface area contributed by atoms with Gasteiger partial charge < -0.3 is 16.2 Å². The summed E-state index contributed by atoms with van der Waals surface area (Å²) in [6, 6.07) is 7.18. The summed E-state index contributed by atoms with van der Waals surface area (Å²) in [6.07, 6.45) is 0.751. The van der Waals surface area contributed by atoms with Crippen LogP contribution in [-0.4, -0.2) is 22.5 Å². The topological polar surface area (TPSA) is 92.4 Å². The van der Waals surface area contributed by atoms with Crippen molar-refractivity contribution in [1.29, 1.82) is 0 Å². The Bertz CT molecular complexity index is 464. The molecule has 0 saturated heterocycles. The van der Waals surface area contributed by atoms with Crippen LogP contribution < -0.4 is 11.1 Å². The van der Waals surface area contributed by atoms with Crippen LogP contribution in [0.5, 0.6) is 0 Å². The van der Waals surface area contributed by atoms with Crippen molar-refractivity contribution in [1.82, 2.24) is 0 Å². The zero-order valence-corrected chi connectivity index (χ0v) is 11.3. The molecule has 0 atom stereocenters. The van der Waals surface area contributed by atoms with E-state index in [2.05, 4.69) is 5.32 Å². The van der Waals surface area contributed by atoms with E-state index in [9.17, 15) is 9.59 Å². The number of nitrogens with two attached hydrogens (primary N) is 1. The van der Waals surface area contributed by atoms with E-state index in [1.165, 1.54) is 0 Å². The molecule has 104 valence electrons. The molecule has 5 heteroatoms. The summed E-state index contributed by atoms with van der Waals surface area (Å²) in [5, 5.41) is 11.4. The zero-order valence-electron chi connectivity index (χ0n) is 11.3. The quantitative estimate of drug-likeness (QED) is 0.730. The van der Waals surface area contributed by atoms with Gasteiger partial charge in [-0.05, 0) is 38.0 Å². The van der Waals surface area contributed by atoms with Gasteiger partial charge in [-0.3, -0.25) is 9.59 Å². The summed E-state index contributed by atoms with van der Waals surface area (Å²) in [6.45, 7) is 3.58. The molecular formula is C14H20N2O3. The second kappa shape index (κ2) is 6.33. The van der Waals surface area contributed by atoms with E-state index in [0.717, 1.165) is 5.56 Å². The fourth-order valence-electron chi connectivity index (χ4n) is 1.67. The molecule has 0 unspecified atom stereocenters. The first-order chi connectivity index (χ1) is 8.76. The Morgan fingerprint density at radius 3 is 2.63 bits per heavy atom. The Kier molecular flexibility index (Phi) is 5.06. The van der Waals surface area contributed by atoms with Crippen LogP contribution in [-0.2, 0) is 16.0 Å². The molecule has 0 aromatic heterocycles. The van der Waals surface area contributed by atoms with Crippen molar-refractivity contribution in [3.05, 3.63) is 29.8 Å². The molecule has 5 nitrogen and oxygen atoms in total. The van der Waals surface area contributed by atoms with Gasteiger partial charge in [-0.15, -0.1) is 0 Å². The van der Waals surface area contributed by atoms with E-state index >= 15 is 0 Å². The van der Waals surface area contributed by atoms with Gasteiger partial charge in [0.25, 0.3) is 0 Å². The molecule has 0 aliphatic heterocycles. The lowest BCUT2D eigenvalue weighted by Crippen LogP contribution is -2.36. The lowest BCUT2D eigenvalue weighted by molar-refractivity contribution is -0.137. The maximum absolute atomic E-state index is 11.7.